The van der Waals surface area contributed by atoms with Gasteiger partial charge in [0.1, 0.15) is 12.1 Å². The highest BCUT2D eigenvalue weighted by molar-refractivity contribution is 5.76. The molecule has 0 aliphatic heterocycles. The fraction of sp³-hybridized carbons (Fsp3) is 0.0714. The van der Waals surface area contributed by atoms with Gasteiger partial charge in [-0.15, -0.1) is 0 Å². The van der Waals surface area contributed by atoms with Crippen LogP contribution in [0.25, 0.3) is 17.2 Å². The summed E-state index contributed by atoms with van der Waals surface area (Å²) in [5.74, 6) is 0.550. The molecule has 0 aliphatic carbocycles. The molecule has 3 N–H and O–H groups in total. The van der Waals surface area contributed by atoms with Crippen LogP contribution in [-0.4, -0.2) is 26.5 Å². The number of hydrogen-bond donors (Lipinski definition) is 2. The predicted molar refractivity (Wildman–Crippen MR) is 77.1 cm³/mol. The molecule has 0 bridgehead atoms. The summed E-state index contributed by atoms with van der Waals surface area (Å²) in [6.45, 7) is 0.388. The van der Waals surface area contributed by atoms with E-state index in [0.29, 0.717) is 23.7 Å². The van der Waals surface area contributed by atoms with E-state index in [1.165, 1.54) is 6.33 Å². The summed E-state index contributed by atoms with van der Waals surface area (Å²) in [7, 11) is 0. The van der Waals surface area contributed by atoms with Crippen molar-refractivity contribution < 1.29 is 4.74 Å². The molecule has 1 aromatic carbocycles. The molecule has 3 rings (SSSR count). The Morgan fingerprint density at radius 2 is 2.05 bits per heavy atom. The molecule has 3 aromatic rings. The first kappa shape index (κ1) is 12.2. The minimum absolute atomic E-state index is 0.145. The molecule has 6 heteroatoms. The van der Waals surface area contributed by atoms with E-state index < -0.39 is 0 Å². The summed E-state index contributed by atoms with van der Waals surface area (Å²) in [5.41, 5.74) is 7.87. The van der Waals surface area contributed by atoms with Crippen LogP contribution in [0.2, 0.25) is 0 Å². The van der Waals surface area contributed by atoms with Gasteiger partial charge >= 0.3 is 0 Å². The lowest BCUT2D eigenvalue weighted by molar-refractivity contribution is 0.353. The first-order chi connectivity index (χ1) is 9.83. The SMILES string of the molecule is Nc1nc(OC/C=C/c2ccccc2)c2[nH]cnc2n1. The van der Waals surface area contributed by atoms with Crippen LogP contribution in [0.4, 0.5) is 5.95 Å². The molecule has 0 amide bonds. The van der Waals surface area contributed by atoms with Crippen molar-refractivity contribution in [3.8, 4) is 5.88 Å². The number of benzene rings is 1. The monoisotopic (exact) mass is 267 g/mol. The third-order valence-corrected chi connectivity index (χ3v) is 2.70. The fourth-order valence-electron chi connectivity index (χ4n) is 1.80. The lowest BCUT2D eigenvalue weighted by Crippen LogP contribution is -2.01. The second kappa shape index (κ2) is 5.40. The normalized spacial score (nSPS) is 11.2. The molecule has 20 heavy (non-hydrogen) atoms. The maximum Gasteiger partial charge on any atom is 0.245 e. The van der Waals surface area contributed by atoms with Gasteiger partial charge in [-0.2, -0.15) is 9.97 Å². The van der Waals surface area contributed by atoms with Gasteiger partial charge in [-0.25, -0.2) is 4.98 Å². The van der Waals surface area contributed by atoms with Crippen molar-refractivity contribution in [2.45, 2.75) is 0 Å². The van der Waals surface area contributed by atoms with Gasteiger partial charge in [-0.05, 0) is 11.6 Å². The van der Waals surface area contributed by atoms with Crippen molar-refractivity contribution in [2.75, 3.05) is 12.3 Å². The van der Waals surface area contributed by atoms with Crippen LogP contribution in [0.3, 0.4) is 0 Å². The molecule has 0 spiro atoms. The summed E-state index contributed by atoms with van der Waals surface area (Å²) in [6.07, 6.45) is 5.43. The Hall–Kier alpha value is -2.89. The van der Waals surface area contributed by atoms with E-state index in [1.807, 2.05) is 42.5 Å². The highest BCUT2D eigenvalue weighted by atomic mass is 16.5. The van der Waals surface area contributed by atoms with Crippen LogP contribution >= 0.6 is 0 Å². The van der Waals surface area contributed by atoms with Crippen LogP contribution in [0.15, 0.2) is 42.7 Å². The number of nitrogen functional groups attached to an aromatic ring is 1. The number of H-pyrrole nitrogens is 1. The molecule has 6 nitrogen and oxygen atoms in total. The van der Waals surface area contributed by atoms with E-state index in [4.69, 9.17) is 10.5 Å². The smallest absolute Gasteiger partial charge is 0.245 e. The lowest BCUT2D eigenvalue weighted by atomic mass is 10.2. The molecule has 2 heterocycles. The summed E-state index contributed by atoms with van der Waals surface area (Å²) in [6, 6.07) is 9.99. The quantitative estimate of drug-likeness (QED) is 0.754. The van der Waals surface area contributed by atoms with Gasteiger partial charge in [0.25, 0.3) is 0 Å². The highest BCUT2D eigenvalue weighted by Gasteiger charge is 2.08. The number of ether oxygens (including phenoxy) is 1. The average molecular weight is 267 g/mol. The number of rotatable bonds is 4. The number of imidazole rings is 1. The molecule has 0 saturated heterocycles. The summed E-state index contributed by atoms with van der Waals surface area (Å²) < 4.78 is 5.59. The maximum absolute atomic E-state index is 5.61. The van der Waals surface area contributed by atoms with Gasteiger partial charge < -0.3 is 15.5 Å². The number of nitrogens with two attached hydrogens (primary N) is 1. The highest BCUT2D eigenvalue weighted by Crippen LogP contribution is 2.19. The lowest BCUT2D eigenvalue weighted by Gasteiger charge is -2.03. The van der Waals surface area contributed by atoms with Crippen molar-refractivity contribution >= 4 is 23.2 Å². The van der Waals surface area contributed by atoms with Crippen molar-refractivity contribution in [3.63, 3.8) is 0 Å². The number of fused-ring (bicyclic) bond motifs is 1. The van der Waals surface area contributed by atoms with E-state index in [2.05, 4.69) is 19.9 Å². The first-order valence-corrected chi connectivity index (χ1v) is 6.14. The minimum atomic E-state index is 0.145. The van der Waals surface area contributed by atoms with Gasteiger partial charge in [0.2, 0.25) is 11.8 Å². The number of nitrogens with zero attached hydrogens (tertiary/aromatic N) is 3. The third kappa shape index (κ3) is 2.59. The summed E-state index contributed by atoms with van der Waals surface area (Å²) in [5, 5.41) is 0. The zero-order chi connectivity index (χ0) is 13.8. The molecule has 0 aliphatic rings. The molecule has 0 radical (unpaired) electrons. The number of nitrogens with one attached hydrogen (secondary N) is 1. The maximum atomic E-state index is 5.61. The molecule has 100 valence electrons. The van der Waals surface area contributed by atoms with E-state index in [-0.39, 0.29) is 5.95 Å². The topological polar surface area (TPSA) is 89.7 Å². The van der Waals surface area contributed by atoms with Gasteiger partial charge in [-0.1, -0.05) is 36.4 Å². The molecular weight excluding hydrogens is 254 g/mol. The Morgan fingerprint density at radius 1 is 1.20 bits per heavy atom. The minimum Gasteiger partial charge on any atom is -0.472 e. The van der Waals surface area contributed by atoms with Crippen molar-refractivity contribution in [1.29, 1.82) is 0 Å². The van der Waals surface area contributed by atoms with Crippen LogP contribution < -0.4 is 10.5 Å². The van der Waals surface area contributed by atoms with E-state index in [9.17, 15) is 0 Å². The van der Waals surface area contributed by atoms with E-state index in [0.717, 1.165) is 5.56 Å². The van der Waals surface area contributed by atoms with Gasteiger partial charge in [0.15, 0.2) is 5.65 Å². The summed E-state index contributed by atoms with van der Waals surface area (Å²) in [4.78, 5) is 15.0. The zero-order valence-corrected chi connectivity index (χ0v) is 10.7. The van der Waals surface area contributed by atoms with Crippen LogP contribution in [0, 0.1) is 0 Å². The molecule has 0 unspecified atom stereocenters. The second-order valence-electron chi connectivity index (χ2n) is 4.11. The standard InChI is InChI=1S/C14H13N5O/c15-14-18-12-11(16-9-17-12)13(19-14)20-8-4-7-10-5-2-1-3-6-10/h1-7,9H,8H2,(H3,15,16,17,18,19)/b7-4+. The third-order valence-electron chi connectivity index (χ3n) is 2.70. The largest absolute Gasteiger partial charge is 0.472 e. The zero-order valence-electron chi connectivity index (χ0n) is 10.7. The number of hydrogen-bond acceptors (Lipinski definition) is 5. The molecule has 0 fully saturated rings. The predicted octanol–water partition coefficient (Wildman–Crippen LogP) is 2.03. The Labute approximate surface area is 115 Å². The Balaban J connectivity index is 1.71. The fourth-order valence-corrected chi connectivity index (χ4v) is 1.80. The van der Waals surface area contributed by atoms with Crippen LogP contribution in [-0.2, 0) is 0 Å². The van der Waals surface area contributed by atoms with E-state index >= 15 is 0 Å². The summed E-state index contributed by atoms with van der Waals surface area (Å²) >= 11 is 0. The van der Waals surface area contributed by atoms with Crippen LogP contribution in [0.1, 0.15) is 5.56 Å². The molecule has 0 saturated carbocycles. The molecule has 0 atom stereocenters. The second-order valence-corrected chi connectivity index (χ2v) is 4.11. The molecular formula is C14H13N5O. The molecule has 2 aromatic heterocycles. The average Bonchev–Trinajstić information content (AvgIpc) is 2.92. The number of anilines is 1. The van der Waals surface area contributed by atoms with Gasteiger partial charge in [0, 0.05) is 0 Å². The van der Waals surface area contributed by atoms with Gasteiger partial charge in [0.05, 0.1) is 6.33 Å². The first-order valence-electron chi connectivity index (χ1n) is 6.14. The van der Waals surface area contributed by atoms with Crippen molar-refractivity contribution in [2.24, 2.45) is 0 Å². The van der Waals surface area contributed by atoms with Crippen molar-refractivity contribution in [3.05, 3.63) is 48.3 Å². The van der Waals surface area contributed by atoms with Gasteiger partial charge in [-0.3, -0.25) is 0 Å². The number of aromatic nitrogens is 4. The number of aromatic amines is 1. The van der Waals surface area contributed by atoms with Crippen LogP contribution in [0.5, 0.6) is 5.88 Å². The van der Waals surface area contributed by atoms with Crippen molar-refractivity contribution in [1.82, 2.24) is 19.9 Å². The Bertz CT molecular complexity index is 736. The Morgan fingerprint density at radius 3 is 2.90 bits per heavy atom. The Kier molecular flexibility index (Phi) is 3.28. The van der Waals surface area contributed by atoms with E-state index in [1.54, 1.807) is 0 Å².